The molecule has 1 N–H and O–H groups in total. The van der Waals surface area contributed by atoms with Gasteiger partial charge in [0.25, 0.3) is 5.91 Å². The molecule has 0 bridgehead atoms. The van der Waals surface area contributed by atoms with Crippen molar-refractivity contribution >= 4 is 41.5 Å². The van der Waals surface area contributed by atoms with Crippen LogP contribution in [0.2, 0.25) is 10.0 Å². The van der Waals surface area contributed by atoms with Gasteiger partial charge >= 0.3 is 0 Å². The van der Waals surface area contributed by atoms with Crippen LogP contribution in [0.1, 0.15) is 58.3 Å². The van der Waals surface area contributed by atoms with Crippen molar-refractivity contribution in [2.24, 2.45) is 0 Å². The summed E-state index contributed by atoms with van der Waals surface area (Å²) in [7, 11) is 1.89. The van der Waals surface area contributed by atoms with E-state index in [0.29, 0.717) is 22.9 Å². The van der Waals surface area contributed by atoms with E-state index in [1.54, 1.807) is 0 Å². The second-order valence-corrected chi connectivity index (χ2v) is 10.6. The van der Waals surface area contributed by atoms with Gasteiger partial charge in [0.2, 0.25) is 0 Å². The van der Waals surface area contributed by atoms with Crippen molar-refractivity contribution in [2.45, 2.75) is 36.8 Å². The Morgan fingerprint density at radius 3 is 2.33 bits per heavy atom. The van der Waals surface area contributed by atoms with Gasteiger partial charge in [-0.2, -0.15) is 0 Å². The minimum atomic E-state index is -0.766. The van der Waals surface area contributed by atoms with E-state index in [0.717, 1.165) is 48.3 Å². The highest BCUT2D eigenvalue weighted by Crippen LogP contribution is 2.45. The molecule has 190 valence electrons. The first-order valence-corrected chi connectivity index (χ1v) is 12.9. The predicted molar refractivity (Wildman–Crippen MR) is 148 cm³/mol. The number of likely N-dealkylation sites (N-methyl/N-ethyl adjacent to an activating group) is 1. The van der Waals surface area contributed by atoms with Crippen molar-refractivity contribution in [1.82, 2.24) is 9.80 Å². The lowest BCUT2D eigenvalue weighted by Gasteiger charge is -2.39. The molecule has 1 amide bonds. The lowest BCUT2D eigenvalue weighted by molar-refractivity contribution is -0.0266. The van der Waals surface area contributed by atoms with Gasteiger partial charge in [-0.1, -0.05) is 77.8 Å². The number of amides is 1. The first-order chi connectivity index (χ1) is 16.9. The number of benzene rings is 3. The lowest BCUT2D eigenvalue weighted by atomic mass is 9.83. The van der Waals surface area contributed by atoms with Gasteiger partial charge in [-0.05, 0) is 60.7 Å². The first kappa shape index (κ1) is 27.0. The quantitative estimate of drug-likeness (QED) is 0.375. The summed E-state index contributed by atoms with van der Waals surface area (Å²) in [4.78, 5) is 17.3. The summed E-state index contributed by atoms with van der Waals surface area (Å²) in [6.45, 7) is 2.53. The van der Waals surface area contributed by atoms with E-state index in [1.165, 1.54) is 0 Å². The van der Waals surface area contributed by atoms with Gasteiger partial charge in [0.1, 0.15) is 0 Å². The maximum atomic E-state index is 13.0. The molecule has 0 saturated carbocycles. The third-order valence-corrected chi connectivity index (χ3v) is 8.49. The average molecular weight is 546 g/mol. The summed E-state index contributed by atoms with van der Waals surface area (Å²) < 4.78 is 0. The van der Waals surface area contributed by atoms with Crippen LogP contribution in [0.25, 0.3) is 0 Å². The highest BCUT2D eigenvalue weighted by molar-refractivity contribution is 6.42. The number of hydrogen-bond donors (Lipinski definition) is 1. The third-order valence-electron chi connectivity index (χ3n) is 7.75. The van der Waals surface area contributed by atoms with Crippen LogP contribution >= 0.6 is 35.6 Å². The zero-order valence-electron chi connectivity index (χ0n) is 20.2. The van der Waals surface area contributed by atoms with Crippen LogP contribution in [0.15, 0.2) is 72.8 Å². The van der Waals surface area contributed by atoms with E-state index >= 15 is 0 Å². The second kappa shape index (κ2) is 11.1. The molecule has 0 unspecified atom stereocenters. The number of rotatable bonds is 6. The molecule has 2 aliphatic heterocycles. The highest BCUT2D eigenvalue weighted by atomic mass is 35.5. The molecule has 2 aliphatic rings. The minimum absolute atomic E-state index is 0. The standard InChI is InChI=1S/C29H30Cl2N2O2.ClH/c1-32-27(23-9-5-6-10-24(23)28(32)34)22(20-11-12-25(30)26(31)19-20)13-16-33-17-14-29(35,15-18-33)21-7-3-2-4-8-21;/h2-12,19,22,27,35H,13-18H2,1H3;1H/t22-,27+;/m0./s1. The van der Waals surface area contributed by atoms with E-state index in [1.807, 2.05) is 78.7 Å². The normalized spacial score (nSPS) is 20.1. The summed E-state index contributed by atoms with van der Waals surface area (Å²) >= 11 is 12.6. The Bertz CT molecular complexity index is 1210. The van der Waals surface area contributed by atoms with Crippen molar-refractivity contribution < 1.29 is 9.90 Å². The van der Waals surface area contributed by atoms with Gasteiger partial charge in [-0.3, -0.25) is 4.79 Å². The second-order valence-electron chi connectivity index (χ2n) is 9.76. The Labute approximate surface area is 229 Å². The Morgan fingerprint density at radius 2 is 1.64 bits per heavy atom. The van der Waals surface area contributed by atoms with Gasteiger partial charge in [0.15, 0.2) is 0 Å². The van der Waals surface area contributed by atoms with Gasteiger partial charge < -0.3 is 14.9 Å². The van der Waals surface area contributed by atoms with Crippen LogP contribution in [-0.4, -0.2) is 47.5 Å². The van der Waals surface area contributed by atoms with Crippen molar-refractivity contribution in [2.75, 3.05) is 26.7 Å². The molecule has 3 aromatic carbocycles. The Balaban J connectivity index is 0.00000304. The molecule has 4 nitrogen and oxygen atoms in total. The number of piperidine rings is 1. The lowest BCUT2D eigenvalue weighted by Crippen LogP contribution is -2.43. The molecule has 1 saturated heterocycles. The largest absolute Gasteiger partial charge is 0.385 e. The fourth-order valence-corrected chi connectivity index (χ4v) is 6.02. The van der Waals surface area contributed by atoms with Crippen LogP contribution in [0, 0.1) is 0 Å². The van der Waals surface area contributed by atoms with E-state index < -0.39 is 5.60 Å². The molecule has 0 radical (unpaired) electrons. The van der Waals surface area contributed by atoms with Crippen molar-refractivity contribution in [3.63, 3.8) is 0 Å². The highest BCUT2D eigenvalue weighted by Gasteiger charge is 2.40. The zero-order valence-corrected chi connectivity index (χ0v) is 22.6. The number of halogens is 3. The molecule has 3 aromatic rings. The van der Waals surface area contributed by atoms with E-state index in [2.05, 4.69) is 11.0 Å². The molecule has 2 atom stereocenters. The fourth-order valence-electron chi connectivity index (χ4n) is 5.72. The zero-order chi connectivity index (χ0) is 24.6. The number of carbonyl (C=O) groups excluding carboxylic acids is 1. The number of carbonyl (C=O) groups is 1. The number of likely N-dealkylation sites (tertiary alicyclic amines) is 1. The van der Waals surface area contributed by atoms with Crippen LogP contribution in [0.5, 0.6) is 0 Å². The van der Waals surface area contributed by atoms with Crippen LogP contribution in [0.3, 0.4) is 0 Å². The molecule has 36 heavy (non-hydrogen) atoms. The van der Waals surface area contributed by atoms with Gasteiger partial charge in [0.05, 0.1) is 21.7 Å². The first-order valence-electron chi connectivity index (χ1n) is 12.2. The summed E-state index contributed by atoms with van der Waals surface area (Å²) in [6.07, 6.45) is 2.27. The summed E-state index contributed by atoms with van der Waals surface area (Å²) in [5, 5.41) is 12.3. The molecule has 5 rings (SSSR count). The van der Waals surface area contributed by atoms with Crippen LogP contribution in [-0.2, 0) is 5.60 Å². The topological polar surface area (TPSA) is 43.8 Å². The number of fused-ring (bicyclic) bond motifs is 1. The molecular formula is C29H31Cl3N2O2. The molecule has 7 heteroatoms. The number of nitrogens with zero attached hydrogens (tertiary/aromatic N) is 2. The smallest absolute Gasteiger partial charge is 0.254 e. The third kappa shape index (κ3) is 5.16. The molecular weight excluding hydrogens is 515 g/mol. The Morgan fingerprint density at radius 1 is 0.972 bits per heavy atom. The number of hydrogen-bond acceptors (Lipinski definition) is 3. The SMILES string of the molecule is CN1C(=O)c2ccccc2[C@H]1[C@@H](CCN1CCC(O)(c2ccccc2)CC1)c1ccc(Cl)c(Cl)c1.Cl. The Hall–Kier alpha value is -2.08. The minimum Gasteiger partial charge on any atom is -0.385 e. The van der Waals surface area contributed by atoms with Crippen molar-refractivity contribution in [3.05, 3.63) is 105 Å². The molecule has 2 heterocycles. The molecule has 0 aromatic heterocycles. The van der Waals surface area contributed by atoms with Crippen molar-refractivity contribution in [3.8, 4) is 0 Å². The molecule has 0 aliphatic carbocycles. The van der Waals surface area contributed by atoms with E-state index in [4.69, 9.17) is 23.2 Å². The van der Waals surface area contributed by atoms with Gasteiger partial charge in [-0.15, -0.1) is 12.4 Å². The van der Waals surface area contributed by atoms with Crippen LogP contribution in [0.4, 0.5) is 0 Å². The van der Waals surface area contributed by atoms with Gasteiger partial charge in [-0.25, -0.2) is 0 Å². The predicted octanol–water partition coefficient (Wildman–Crippen LogP) is 6.70. The fraction of sp³-hybridized carbons (Fsp3) is 0.345. The van der Waals surface area contributed by atoms with Crippen molar-refractivity contribution in [1.29, 1.82) is 0 Å². The maximum Gasteiger partial charge on any atom is 0.254 e. The Kier molecular flexibility index (Phi) is 8.33. The molecule has 1 fully saturated rings. The van der Waals surface area contributed by atoms with E-state index in [-0.39, 0.29) is 30.3 Å². The van der Waals surface area contributed by atoms with Gasteiger partial charge in [0, 0.05) is 31.6 Å². The monoisotopic (exact) mass is 544 g/mol. The summed E-state index contributed by atoms with van der Waals surface area (Å²) in [6, 6.07) is 23.6. The van der Waals surface area contributed by atoms with E-state index in [9.17, 15) is 9.90 Å². The summed E-state index contributed by atoms with van der Waals surface area (Å²) in [5.41, 5.74) is 3.15. The maximum absolute atomic E-state index is 13.0. The average Bonchev–Trinajstić information content (AvgIpc) is 3.13. The summed E-state index contributed by atoms with van der Waals surface area (Å²) in [5.74, 6) is 0.124. The number of aliphatic hydroxyl groups is 1. The van der Waals surface area contributed by atoms with Crippen LogP contribution < -0.4 is 0 Å². The molecule has 0 spiro atoms.